The maximum Gasteiger partial charge on any atom is 0.124 e. The minimum Gasteiger partial charge on any atom is -0.350 e. The molecule has 0 bridgehead atoms. The third-order valence-electron chi connectivity index (χ3n) is 2.03. The van der Waals surface area contributed by atoms with E-state index >= 15 is 0 Å². The lowest BCUT2D eigenvalue weighted by molar-refractivity contribution is 0.626. The van der Waals surface area contributed by atoms with E-state index in [9.17, 15) is 4.39 Å². The Morgan fingerprint density at radius 1 is 1.21 bits per heavy atom. The van der Waals surface area contributed by atoms with Crippen LogP contribution in [0, 0.1) is 5.82 Å². The highest BCUT2D eigenvalue weighted by molar-refractivity contribution is 6.31. The first kappa shape index (κ1) is 9.28. The van der Waals surface area contributed by atoms with Crippen molar-refractivity contribution in [2.45, 2.75) is 6.54 Å². The topological polar surface area (TPSA) is 4.93 Å². The van der Waals surface area contributed by atoms with Gasteiger partial charge in [-0.05, 0) is 29.8 Å². The zero-order chi connectivity index (χ0) is 9.97. The number of nitrogens with zero attached hydrogens (tertiary/aromatic N) is 1. The minimum absolute atomic E-state index is 0.300. The average molecular weight is 210 g/mol. The van der Waals surface area contributed by atoms with E-state index in [1.807, 2.05) is 29.1 Å². The van der Waals surface area contributed by atoms with Gasteiger partial charge in [0, 0.05) is 24.0 Å². The second-order valence-corrected chi connectivity index (χ2v) is 3.50. The molecule has 0 saturated carbocycles. The number of rotatable bonds is 2. The fourth-order valence-corrected chi connectivity index (χ4v) is 1.55. The molecule has 14 heavy (non-hydrogen) atoms. The predicted octanol–water partition coefficient (Wildman–Crippen LogP) is 3.33. The summed E-state index contributed by atoms with van der Waals surface area (Å²) in [5.41, 5.74) is 0.921. The molecule has 2 rings (SSSR count). The summed E-state index contributed by atoms with van der Waals surface area (Å²) >= 11 is 5.89. The largest absolute Gasteiger partial charge is 0.350 e. The van der Waals surface area contributed by atoms with Crippen LogP contribution in [0.3, 0.4) is 0 Å². The van der Waals surface area contributed by atoms with Crippen molar-refractivity contribution >= 4 is 11.6 Å². The molecule has 0 aliphatic rings. The lowest BCUT2D eigenvalue weighted by atomic mass is 10.2. The minimum atomic E-state index is -0.300. The highest BCUT2D eigenvalue weighted by Crippen LogP contribution is 2.18. The average Bonchev–Trinajstić information content (AvgIpc) is 2.62. The van der Waals surface area contributed by atoms with Crippen molar-refractivity contribution in [2.75, 3.05) is 0 Å². The molecule has 0 aliphatic carbocycles. The second kappa shape index (κ2) is 3.84. The molecule has 1 aromatic carbocycles. The molecular formula is C11H9ClFN. The summed E-state index contributed by atoms with van der Waals surface area (Å²) in [6.45, 7) is 0.673. The lowest BCUT2D eigenvalue weighted by Crippen LogP contribution is -1.97. The van der Waals surface area contributed by atoms with Crippen LogP contribution in [-0.4, -0.2) is 4.57 Å². The van der Waals surface area contributed by atoms with Gasteiger partial charge in [0.1, 0.15) is 5.82 Å². The Labute approximate surface area is 86.7 Å². The number of halogens is 2. The van der Waals surface area contributed by atoms with Crippen LogP contribution in [0.1, 0.15) is 5.56 Å². The first-order valence-electron chi connectivity index (χ1n) is 4.30. The second-order valence-electron chi connectivity index (χ2n) is 3.09. The molecule has 1 heterocycles. The first-order valence-corrected chi connectivity index (χ1v) is 4.68. The van der Waals surface area contributed by atoms with E-state index in [2.05, 4.69) is 0 Å². The smallest absolute Gasteiger partial charge is 0.124 e. The monoisotopic (exact) mass is 209 g/mol. The first-order chi connectivity index (χ1) is 6.75. The molecule has 1 nitrogen and oxygen atoms in total. The van der Waals surface area contributed by atoms with Crippen LogP contribution in [-0.2, 0) is 6.54 Å². The third kappa shape index (κ3) is 1.96. The number of aromatic nitrogens is 1. The van der Waals surface area contributed by atoms with Crippen molar-refractivity contribution in [1.29, 1.82) is 0 Å². The Kier molecular flexibility index (Phi) is 2.55. The van der Waals surface area contributed by atoms with Gasteiger partial charge in [0.05, 0.1) is 0 Å². The quantitative estimate of drug-likeness (QED) is 0.715. The van der Waals surface area contributed by atoms with Crippen LogP contribution in [0.25, 0.3) is 0 Å². The van der Waals surface area contributed by atoms with Crippen LogP contribution in [0.4, 0.5) is 4.39 Å². The molecule has 0 unspecified atom stereocenters. The van der Waals surface area contributed by atoms with E-state index in [0.717, 1.165) is 5.56 Å². The molecule has 0 amide bonds. The third-order valence-corrected chi connectivity index (χ3v) is 2.39. The van der Waals surface area contributed by atoms with Crippen molar-refractivity contribution in [3.8, 4) is 0 Å². The molecule has 1 aromatic heterocycles. The Morgan fingerprint density at radius 3 is 2.57 bits per heavy atom. The lowest BCUT2D eigenvalue weighted by Gasteiger charge is -2.05. The van der Waals surface area contributed by atoms with Crippen molar-refractivity contribution < 1.29 is 4.39 Å². The predicted molar refractivity (Wildman–Crippen MR) is 54.9 cm³/mol. The molecule has 0 N–H and O–H groups in total. The van der Waals surface area contributed by atoms with Crippen LogP contribution in [0.2, 0.25) is 5.02 Å². The molecule has 3 heteroatoms. The van der Waals surface area contributed by atoms with Gasteiger partial charge in [-0.3, -0.25) is 0 Å². The van der Waals surface area contributed by atoms with E-state index in [0.29, 0.717) is 11.6 Å². The highest BCUT2D eigenvalue weighted by atomic mass is 35.5. The zero-order valence-electron chi connectivity index (χ0n) is 7.45. The normalized spacial score (nSPS) is 10.4. The number of hydrogen-bond donors (Lipinski definition) is 0. The van der Waals surface area contributed by atoms with Gasteiger partial charge in [0.25, 0.3) is 0 Å². The fourth-order valence-electron chi connectivity index (χ4n) is 1.32. The van der Waals surface area contributed by atoms with Gasteiger partial charge in [-0.25, -0.2) is 4.39 Å². The SMILES string of the molecule is Fc1ccc(Cn2cccc2)c(Cl)c1. The summed E-state index contributed by atoms with van der Waals surface area (Å²) in [6, 6.07) is 8.34. The molecule has 0 aliphatic heterocycles. The summed E-state index contributed by atoms with van der Waals surface area (Å²) in [5, 5.41) is 0.471. The molecule has 0 fully saturated rings. The van der Waals surface area contributed by atoms with Crippen LogP contribution in [0.15, 0.2) is 42.7 Å². The zero-order valence-corrected chi connectivity index (χ0v) is 8.21. The van der Waals surface area contributed by atoms with E-state index in [1.165, 1.54) is 12.1 Å². The number of benzene rings is 1. The van der Waals surface area contributed by atoms with Crippen LogP contribution in [0.5, 0.6) is 0 Å². The number of hydrogen-bond acceptors (Lipinski definition) is 0. The van der Waals surface area contributed by atoms with Crippen molar-refractivity contribution in [1.82, 2.24) is 4.57 Å². The molecular weight excluding hydrogens is 201 g/mol. The summed E-state index contributed by atoms with van der Waals surface area (Å²) in [7, 11) is 0. The summed E-state index contributed by atoms with van der Waals surface area (Å²) < 4.78 is 14.7. The van der Waals surface area contributed by atoms with Crippen LogP contribution < -0.4 is 0 Å². The molecule has 0 atom stereocenters. The van der Waals surface area contributed by atoms with E-state index in [-0.39, 0.29) is 5.82 Å². The molecule has 0 radical (unpaired) electrons. The van der Waals surface area contributed by atoms with Gasteiger partial charge in [0.2, 0.25) is 0 Å². The maximum absolute atomic E-state index is 12.7. The molecule has 72 valence electrons. The standard InChI is InChI=1S/C11H9ClFN/c12-11-7-10(13)4-3-9(11)8-14-5-1-2-6-14/h1-7H,8H2. The summed E-state index contributed by atoms with van der Waals surface area (Å²) in [4.78, 5) is 0. The summed E-state index contributed by atoms with van der Waals surface area (Å²) in [6.07, 6.45) is 3.89. The Bertz CT molecular complexity index is 423. The van der Waals surface area contributed by atoms with Gasteiger partial charge in [-0.2, -0.15) is 0 Å². The fraction of sp³-hybridized carbons (Fsp3) is 0.0909. The van der Waals surface area contributed by atoms with E-state index in [4.69, 9.17) is 11.6 Å². The van der Waals surface area contributed by atoms with Crippen molar-refractivity contribution in [3.63, 3.8) is 0 Å². The van der Waals surface area contributed by atoms with Gasteiger partial charge >= 0.3 is 0 Å². The van der Waals surface area contributed by atoms with Crippen molar-refractivity contribution in [3.05, 3.63) is 59.1 Å². The maximum atomic E-state index is 12.7. The Balaban J connectivity index is 2.25. The Hall–Kier alpha value is -1.28. The van der Waals surface area contributed by atoms with E-state index < -0.39 is 0 Å². The van der Waals surface area contributed by atoms with Crippen molar-refractivity contribution in [2.24, 2.45) is 0 Å². The van der Waals surface area contributed by atoms with Gasteiger partial charge < -0.3 is 4.57 Å². The molecule has 0 spiro atoms. The summed E-state index contributed by atoms with van der Waals surface area (Å²) in [5.74, 6) is -0.300. The van der Waals surface area contributed by atoms with E-state index in [1.54, 1.807) is 6.07 Å². The van der Waals surface area contributed by atoms with Gasteiger partial charge in [0.15, 0.2) is 0 Å². The van der Waals surface area contributed by atoms with Gasteiger partial charge in [-0.15, -0.1) is 0 Å². The molecule has 2 aromatic rings. The molecule has 0 saturated heterocycles. The highest BCUT2D eigenvalue weighted by Gasteiger charge is 2.01. The Morgan fingerprint density at radius 2 is 1.93 bits per heavy atom. The van der Waals surface area contributed by atoms with Crippen LogP contribution >= 0.6 is 11.6 Å². The van der Waals surface area contributed by atoms with Gasteiger partial charge in [-0.1, -0.05) is 17.7 Å².